The van der Waals surface area contributed by atoms with Crippen LogP contribution < -0.4 is 5.32 Å². The second-order valence-electron chi connectivity index (χ2n) is 5.39. The lowest BCUT2D eigenvalue weighted by atomic mass is 10.1. The highest BCUT2D eigenvalue weighted by Gasteiger charge is 2.24. The zero-order valence-electron chi connectivity index (χ0n) is 12.9. The molecule has 1 saturated heterocycles. The number of amides is 1. The molecule has 0 aliphatic carbocycles. The minimum absolute atomic E-state index is 0. The van der Waals surface area contributed by atoms with Crippen LogP contribution >= 0.6 is 12.4 Å². The Hall–Kier alpha value is -1.63. The number of hydrogen-bond acceptors (Lipinski definition) is 4. The summed E-state index contributed by atoms with van der Waals surface area (Å²) in [5.41, 5.74) is 1.22. The normalized spacial score (nSPS) is 16.8. The molecule has 6 nitrogen and oxygen atoms in total. The van der Waals surface area contributed by atoms with Gasteiger partial charge in [-0.25, -0.2) is 0 Å². The zero-order valence-corrected chi connectivity index (χ0v) is 13.8. The predicted octanol–water partition coefficient (Wildman–Crippen LogP) is 0.943. The van der Waals surface area contributed by atoms with Crippen molar-refractivity contribution in [1.82, 2.24) is 10.2 Å². The van der Waals surface area contributed by atoms with Gasteiger partial charge in [-0.15, -0.1) is 12.4 Å². The minimum Gasteiger partial charge on any atom is -0.480 e. The molecule has 0 radical (unpaired) electrons. The van der Waals surface area contributed by atoms with Crippen LogP contribution in [0.4, 0.5) is 0 Å². The van der Waals surface area contributed by atoms with E-state index in [1.54, 1.807) is 0 Å². The molecule has 0 bridgehead atoms. The van der Waals surface area contributed by atoms with E-state index in [0.717, 1.165) is 19.4 Å². The van der Waals surface area contributed by atoms with Crippen LogP contribution in [0.15, 0.2) is 30.3 Å². The van der Waals surface area contributed by atoms with Gasteiger partial charge in [0.15, 0.2) is 0 Å². The van der Waals surface area contributed by atoms with Crippen molar-refractivity contribution in [1.29, 1.82) is 0 Å². The Labute approximate surface area is 142 Å². The molecular formula is C16H23ClN2O4. The third-order valence-corrected chi connectivity index (χ3v) is 3.74. The van der Waals surface area contributed by atoms with Crippen LogP contribution in [0.1, 0.15) is 12.0 Å². The summed E-state index contributed by atoms with van der Waals surface area (Å²) >= 11 is 0. The van der Waals surface area contributed by atoms with Crippen molar-refractivity contribution in [3.05, 3.63) is 35.9 Å². The summed E-state index contributed by atoms with van der Waals surface area (Å²) < 4.78 is 5.40. The average Bonchev–Trinajstić information content (AvgIpc) is 3.04. The van der Waals surface area contributed by atoms with Crippen LogP contribution in [-0.2, 0) is 20.7 Å². The number of nitrogens with one attached hydrogen (secondary N) is 1. The number of carbonyl (C=O) groups excluding carboxylic acids is 1. The average molecular weight is 343 g/mol. The van der Waals surface area contributed by atoms with Gasteiger partial charge < -0.3 is 15.2 Å². The van der Waals surface area contributed by atoms with E-state index in [0.29, 0.717) is 13.2 Å². The molecule has 1 heterocycles. The molecule has 1 amide bonds. The Kier molecular flexibility index (Phi) is 8.61. The fourth-order valence-corrected chi connectivity index (χ4v) is 2.53. The number of halogens is 1. The van der Waals surface area contributed by atoms with Gasteiger partial charge in [0, 0.05) is 19.2 Å². The van der Waals surface area contributed by atoms with Crippen LogP contribution in [0.5, 0.6) is 0 Å². The first kappa shape index (κ1) is 19.4. The van der Waals surface area contributed by atoms with Gasteiger partial charge in [-0.3, -0.25) is 14.5 Å². The SMILES string of the molecule is Cl.O=C(O)CNC(=O)CN(CCc1ccccc1)C1CCOC1. The number of rotatable bonds is 8. The van der Waals surface area contributed by atoms with Crippen LogP contribution in [0.3, 0.4) is 0 Å². The highest BCUT2D eigenvalue weighted by molar-refractivity contribution is 5.85. The lowest BCUT2D eigenvalue weighted by molar-refractivity contribution is -0.138. The molecule has 0 saturated carbocycles. The van der Waals surface area contributed by atoms with Crippen molar-refractivity contribution in [2.75, 3.05) is 32.8 Å². The van der Waals surface area contributed by atoms with Crippen LogP contribution in [0.25, 0.3) is 0 Å². The maximum Gasteiger partial charge on any atom is 0.322 e. The second-order valence-corrected chi connectivity index (χ2v) is 5.39. The number of carboxylic acid groups (broad SMARTS) is 1. The third kappa shape index (κ3) is 6.99. The Bertz CT molecular complexity index is 492. The predicted molar refractivity (Wildman–Crippen MR) is 88.8 cm³/mol. The molecule has 7 heteroatoms. The molecule has 23 heavy (non-hydrogen) atoms. The molecule has 128 valence electrons. The Morgan fingerprint density at radius 1 is 1.30 bits per heavy atom. The van der Waals surface area contributed by atoms with Gasteiger partial charge in [-0.05, 0) is 18.4 Å². The van der Waals surface area contributed by atoms with E-state index in [9.17, 15) is 9.59 Å². The Morgan fingerprint density at radius 3 is 2.65 bits per heavy atom. The molecule has 2 N–H and O–H groups in total. The number of carboxylic acids is 1. The first-order valence-electron chi connectivity index (χ1n) is 7.49. The summed E-state index contributed by atoms with van der Waals surface area (Å²) in [6.45, 7) is 1.95. The summed E-state index contributed by atoms with van der Waals surface area (Å²) in [7, 11) is 0. The van der Waals surface area contributed by atoms with E-state index in [2.05, 4.69) is 22.3 Å². The molecule has 2 rings (SSSR count). The van der Waals surface area contributed by atoms with E-state index in [4.69, 9.17) is 9.84 Å². The molecular weight excluding hydrogens is 320 g/mol. The van der Waals surface area contributed by atoms with Crippen molar-refractivity contribution in [2.45, 2.75) is 18.9 Å². The zero-order chi connectivity index (χ0) is 15.8. The monoisotopic (exact) mass is 342 g/mol. The molecule has 1 aliphatic rings. The quantitative estimate of drug-likeness (QED) is 0.735. The number of carbonyl (C=O) groups is 2. The van der Waals surface area contributed by atoms with E-state index < -0.39 is 5.97 Å². The first-order valence-corrected chi connectivity index (χ1v) is 7.49. The second kappa shape index (κ2) is 10.2. The molecule has 0 spiro atoms. The number of nitrogens with zero attached hydrogens (tertiary/aromatic N) is 1. The summed E-state index contributed by atoms with van der Waals surface area (Å²) in [5, 5.41) is 11.0. The molecule has 1 aromatic rings. The molecule has 1 aliphatic heterocycles. The van der Waals surface area contributed by atoms with Gasteiger partial charge in [0.05, 0.1) is 13.2 Å². The van der Waals surface area contributed by atoms with Gasteiger partial charge >= 0.3 is 5.97 Å². The molecule has 0 aromatic heterocycles. The minimum atomic E-state index is -1.03. The summed E-state index contributed by atoms with van der Waals surface area (Å²) in [4.78, 5) is 24.5. The van der Waals surface area contributed by atoms with Crippen LogP contribution in [-0.4, -0.2) is 60.8 Å². The van der Waals surface area contributed by atoms with Gasteiger partial charge in [-0.2, -0.15) is 0 Å². The van der Waals surface area contributed by atoms with E-state index in [1.165, 1.54) is 5.56 Å². The van der Waals surface area contributed by atoms with Crippen molar-refractivity contribution in [3.8, 4) is 0 Å². The largest absolute Gasteiger partial charge is 0.480 e. The van der Waals surface area contributed by atoms with Crippen molar-refractivity contribution in [3.63, 3.8) is 0 Å². The number of hydrogen-bond donors (Lipinski definition) is 2. The van der Waals surface area contributed by atoms with E-state index in [1.807, 2.05) is 18.2 Å². The standard InChI is InChI=1S/C16H22N2O4.ClH/c19-15(17-10-16(20)21)11-18(14-7-9-22-12-14)8-6-13-4-2-1-3-5-13;/h1-5,14H,6-12H2,(H,17,19)(H,20,21);1H. The van der Waals surface area contributed by atoms with Crippen molar-refractivity contribution in [2.24, 2.45) is 0 Å². The summed E-state index contributed by atoms with van der Waals surface area (Å²) in [5.74, 6) is -1.30. The topological polar surface area (TPSA) is 78.9 Å². The lowest BCUT2D eigenvalue weighted by Crippen LogP contribution is -2.45. The molecule has 1 atom stereocenters. The van der Waals surface area contributed by atoms with Crippen LogP contribution in [0, 0.1) is 0 Å². The van der Waals surface area contributed by atoms with Gasteiger partial charge in [0.1, 0.15) is 6.54 Å². The number of ether oxygens (including phenoxy) is 1. The maximum atomic E-state index is 11.9. The number of benzene rings is 1. The lowest BCUT2D eigenvalue weighted by Gasteiger charge is -2.27. The van der Waals surface area contributed by atoms with Crippen molar-refractivity contribution >= 4 is 24.3 Å². The highest BCUT2D eigenvalue weighted by Crippen LogP contribution is 2.13. The van der Waals surface area contributed by atoms with Gasteiger partial charge in [0.25, 0.3) is 0 Å². The smallest absolute Gasteiger partial charge is 0.322 e. The fourth-order valence-electron chi connectivity index (χ4n) is 2.53. The van der Waals surface area contributed by atoms with E-state index >= 15 is 0 Å². The van der Waals surface area contributed by atoms with Gasteiger partial charge in [-0.1, -0.05) is 30.3 Å². The molecule has 1 unspecified atom stereocenters. The third-order valence-electron chi connectivity index (χ3n) is 3.74. The fraction of sp³-hybridized carbons (Fsp3) is 0.500. The van der Waals surface area contributed by atoms with Gasteiger partial charge in [0.2, 0.25) is 5.91 Å². The Balaban J connectivity index is 0.00000264. The summed E-state index contributed by atoms with van der Waals surface area (Å²) in [6, 6.07) is 10.3. The highest BCUT2D eigenvalue weighted by atomic mass is 35.5. The summed E-state index contributed by atoms with van der Waals surface area (Å²) in [6.07, 6.45) is 1.75. The van der Waals surface area contributed by atoms with Crippen LogP contribution in [0.2, 0.25) is 0 Å². The number of aliphatic carboxylic acids is 1. The van der Waals surface area contributed by atoms with Crippen molar-refractivity contribution < 1.29 is 19.4 Å². The Morgan fingerprint density at radius 2 is 2.04 bits per heavy atom. The van der Waals surface area contributed by atoms with E-state index in [-0.39, 0.29) is 37.4 Å². The maximum absolute atomic E-state index is 11.9. The first-order chi connectivity index (χ1) is 10.6. The molecule has 1 fully saturated rings. The molecule has 1 aromatic carbocycles.